The SMILES string of the molecule is CN1CCNCC1c1noc(-c2ccc(NC(=O)c3ccccc3)cc2)n1. The van der Waals surface area contributed by atoms with Gasteiger partial charge in [0.15, 0.2) is 5.82 Å². The Morgan fingerprint density at radius 2 is 1.96 bits per heavy atom. The van der Waals surface area contributed by atoms with Gasteiger partial charge in [-0.1, -0.05) is 23.4 Å². The van der Waals surface area contributed by atoms with Gasteiger partial charge in [-0.15, -0.1) is 0 Å². The summed E-state index contributed by atoms with van der Waals surface area (Å²) in [6, 6.07) is 16.6. The fourth-order valence-electron chi connectivity index (χ4n) is 3.07. The number of anilines is 1. The Morgan fingerprint density at radius 3 is 2.70 bits per heavy atom. The Labute approximate surface area is 157 Å². The first-order chi connectivity index (χ1) is 13.2. The molecule has 1 fully saturated rings. The molecule has 7 nitrogen and oxygen atoms in total. The van der Waals surface area contributed by atoms with Crippen LogP contribution in [0.1, 0.15) is 22.2 Å². The second-order valence-corrected chi connectivity index (χ2v) is 6.56. The summed E-state index contributed by atoms with van der Waals surface area (Å²) in [6.07, 6.45) is 0. The van der Waals surface area contributed by atoms with Crippen LogP contribution in [0.2, 0.25) is 0 Å². The molecule has 1 saturated heterocycles. The highest BCUT2D eigenvalue weighted by molar-refractivity contribution is 6.04. The van der Waals surface area contributed by atoms with Crippen LogP contribution in [-0.2, 0) is 0 Å². The maximum Gasteiger partial charge on any atom is 0.257 e. The number of nitrogens with zero attached hydrogens (tertiary/aromatic N) is 3. The van der Waals surface area contributed by atoms with Crippen LogP contribution in [0.4, 0.5) is 5.69 Å². The first-order valence-electron chi connectivity index (χ1n) is 8.92. The molecular formula is C20H21N5O2. The molecule has 0 saturated carbocycles. The molecular weight excluding hydrogens is 342 g/mol. The molecule has 7 heteroatoms. The summed E-state index contributed by atoms with van der Waals surface area (Å²) in [4.78, 5) is 19.0. The molecule has 1 aromatic heterocycles. The smallest absolute Gasteiger partial charge is 0.257 e. The van der Waals surface area contributed by atoms with E-state index in [1.54, 1.807) is 12.1 Å². The van der Waals surface area contributed by atoms with Gasteiger partial charge in [0.1, 0.15) is 0 Å². The number of carbonyl (C=O) groups is 1. The van der Waals surface area contributed by atoms with E-state index in [9.17, 15) is 4.79 Å². The molecule has 0 aliphatic carbocycles. The Bertz CT molecular complexity index is 908. The minimum atomic E-state index is -0.142. The van der Waals surface area contributed by atoms with Crippen molar-refractivity contribution in [1.29, 1.82) is 0 Å². The molecule has 2 heterocycles. The summed E-state index contributed by atoms with van der Waals surface area (Å²) in [5, 5.41) is 10.4. The van der Waals surface area contributed by atoms with E-state index in [-0.39, 0.29) is 11.9 Å². The molecule has 1 atom stereocenters. The average Bonchev–Trinajstić information content (AvgIpc) is 3.19. The van der Waals surface area contributed by atoms with Gasteiger partial charge in [-0.05, 0) is 43.4 Å². The average molecular weight is 363 g/mol. The van der Waals surface area contributed by atoms with Gasteiger partial charge in [-0.25, -0.2) is 0 Å². The summed E-state index contributed by atoms with van der Waals surface area (Å²) >= 11 is 0. The van der Waals surface area contributed by atoms with Gasteiger partial charge in [0, 0.05) is 36.4 Å². The lowest BCUT2D eigenvalue weighted by molar-refractivity contribution is 0.102. The monoisotopic (exact) mass is 363 g/mol. The predicted octanol–water partition coefficient (Wildman–Crippen LogP) is 2.57. The number of hydrogen-bond acceptors (Lipinski definition) is 6. The van der Waals surface area contributed by atoms with Crippen molar-refractivity contribution in [2.24, 2.45) is 0 Å². The molecule has 138 valence electrons. The third-order valence-electron chi connectivity index (χ3n) is 4.68. The Balaban J connectivity index is 1.45. The lowest BCUT2D eigenvalue weighted by atomic mass is 10.1. The largest absolute Gasteiger partial charge is 0.334 e. The van der Waals surface area contributed by atoms with Crippen molar-refractivity contribution >= 4 is 11.6 Å². The first-order valence-corrected chi connectivity index (χ1v) is 8.92. The molecule has 1 aliphatic heterocycles. The van der Waals surface area contributed by atoms with Crippen molar-refractivity contribution < 1.29 is 9.32 Å². The molecule has 0 spiro atoms. The Kier molecular flexibility index (Phi) is 4.95. The number of benzene rings is 2. The van der Waals surface area contributed by atoms with Crippen LogP contribution in [0.3, 0.4) is 0 Å². The van der Waals surface area contributed by atoms with Crippen LogP contribution in [0.5, 0.6) is 0 Å². The van der Waals surface area contributed by atoms with Crippen LogP contribution < -0.4 is 10.6 Å². The maximum atomic E-state index is 12.2. The van der Waals surface area contributed by atoms with Gasteiger partial charge >= 0.3 is 0 Å². The van der Waals surface area contributed by atoms with Crippen molar-refractivity contribution in [2.75, 3.05) is 32.0 Å². The quantitative estimate of drug-likeness (QED) is 0.741. The van der Waals surface area contributed by atoms with E-state index < -0.39 is 0 Å². The number of aromatic nitrogens is 2. The molecule has 0 radical (unpaired) electrons. The number of piperazine rings is 1. The van der Waals surface area contributed by atoms with Gasteiger partial charge < -0.3 is 15.2 Å². The van der Waals surface area contributed by atoms with Crippen molar-refractivity contribution in [2.45, 2.75) is 6.04 Å². The highest BCUT2D eigenvalue weighted by Gasteiger charge is 2.25. The number of likely N-dealkylation sites (N-methyl/N-ethyl adjacent to an activating group) is 1. The van der Waals surface area contributed by atoms with E-state index in [0.717, 1.165) is 25.2 Å². The number of rotatable bonds is 4. The fourth-order valence-corrected chi connectivity index (χ4v) is 3.07. The third kappa shape index (κ3) is 3.89. The second-order valence-electron chi connectivity index (χ2n) is 6.56. The first kappa shape index (κ1) is 17.4. The zero-order chi connectivity index (χ0) is 18.6. The van der Waals surface area contributed by atoms with E-state index in [0.29, 0.717) is 23.0 Å². The van der Waals surface area contributed by atoms with E-state index in [4.69, 9.17) is 4.52 Å². The summed E-state index contributed by atoms with van der Waals surface area (Å²) in [5.74, 6) is 1.02. The molecule has 27 heavy (non-hydrogen) atoms. The fraction of sp³-hybridized carbons (Fsp3) is 0.250. The van der Waals surface area contributed by atoms with Crippen molar-refractivity contribution in [1.82, 2.24) is 20.4 Å². The maximum absolute atomic E-state index is 12.2. The predicted molar refractivity (Wildman–Crippen MR) is 102 cm³/mol. The molecule has 1 aliphatic rings. The molecule has 4 rings (SSSR count). The second kappa shape index (κ2) is 7.69. The number of hydrogen-bond donors (Lipinski definition) is 2. The lowest BCUT2D eigenvalue weighted by Gasteiger charge is -2.30. The molecule has 2 aromatic carbocycles. The van der Waals surface area contributed by atoms with Crippen LogP contribution in [0.15, 0.2) is 59.1 Å². The normalized spacial score (nSPS) is 17.6. The topological polar surface area (TPSA) is 83.3 Å². The molecule has 1 amide bonds. The van der Waals surface area contributed by atoms with E-state index in [2.05, 4.69) is 32.7 Å². The number of nitrogens with one attached hydrogen (secondary N) is 2. The van der Waals surface area contributed by atoms with Gasteiger partial charge in [0.05, 0.1) is 6.04 Å². The van der Waals surface area contributed by atoms with Crippen LogP contribution in [0.25, 0.3) is 11.5 Å². The zero-order valence-electron chi connectivity index (χ0n) is 15.1. The summed E-state index contributed by atoms with van der Waals surface area (Å²) < 4.78 is 5.44. The standard InChI is InChI=1S/C20H21N5O2/c1-25-12-11-21-13-17(25)18-23-20(27-24-18)15-7-9-16(10-8-15)22-19(26)14-5-3-2-4-6-14/h2-10,17,21H,11-13H2,1H3,(H,22,26). The number of carbonyl (C=O) groups excluding carboxylic acids is 1. The Morgan fingerprint density at radius 1 is 1.19 bits per heavy atom. The third-order valence-corrected chi connectivity index (χ3v) is 4.68. The highest BCUT2D eigenvalue weighted by atomic mass is 16.5. The van der Waals surface area contributed by atoms with Gasteiger partial charge in [0.2, 0.25) is 0 Å². The molecule has 1 unspecified atom stereocenters. The minimum absolute atomic E-state index is 0.112. The van der Waals surface area contributed by atoms with Gasteiger partial charge in [0.25, 0.3) is 11.8 Å². The van der Waals surface area contributed by atoms with E-state index in [1.165, 1.54) is 0 Å². The van der Waals surface area contributed by atoms with Crippen LogP contribution in [0, 0.1) is 0 Å². The van der Waals surface area contributed by atoms with Crippen LogP contribution in [-0.4, -0.2) is 47.6 Å². The Hall–Kier alpha value is -3.03. The summed E-state index contributed by atoms with van der Waals surface area (Å²) in [6.45, 7) is 2.72. The number of amides is 1. The van der Waals surface area contributed by atoms with Gasteiger partial charge in [-0.3, -0.25) is 9.69 Å². The molecule has 3 aromatic rings. The van der Waals surface area contributed by atoms with E-state index in [1.807, 2.05) is 42.5 Å². The van der Waals surface area contributed by atoms with Crippen LogP contribution >= 0.6 is 0 Å². The lowest BCUT2D eigenvalue weighted by Crippen LogP contribution is -2.44. The van der Waals surface area contributed by atoms with Crippen molar-refractivity contribution in [3.63, 3.8) is 0 Å². The summed E-state index contributed by atoms with van der Waals surface area (Å²) in [7, 11) is 2.06. The molecule has 2 N–H and O–H groups in total. The summed E-state index contributed by atoms with van der Waals surface area (Å²) in [5.41, 5.74) is 2.15. The minimum Gasteiger partial charge on any atom is -0.334 e. The molecule has 0 bridgehead atoms. The van der Waals surface area contributed by atoms with Gasteiger partial charge in [-0.2, -0.15) is 4.98 Å². The van der Waals surface area contributed by atoms with Crippen molar-refractivity contribution in [3.8, 4) is 11.5 Å². The van der Waals surface area contributed by atoms with E-state index >= 15 is 0 Å². The zero-order valence-corrected chi connectivity index (χ0v) is 15.1. The van der Waals surface area contributed by atoms with Crippen molar-refractivity contribution in [3.05, 3.63) is 66.0 Å². The highest BCUT2D eigenvalue weighted by Crippen LogP contribution is 2.24.